The fraction of sp³-hybridized carbons (Fsp3) is 0.211. The average molecular weight is 356 g/mol. The number of fused-ring (bicyclic) bond motifs is 1. The third-order valence-electron chi connectivity index (χ3n) is 3.74. The van der Waals surface area contributed by atoms with E-state index in [2.05, 4.69) is 0 Å². The second kappa shape index (κ2) is 6.87. The molecule has 1 heterocycles. The number of hydrogen-bond donors (Lipinski definition) is 1. The zero-order valence-electron chi connectivity index (χ0n) is 14.1. The molecule has 0 fully saturated rings. The van der Waals surface area contributed by atoms with Crippen molar-refractivity contribution in [2.45, 2.75) is 26.4 Å². The highest BCUT2D eigenvalue weighted by molar-refractivity contribution is 6.03. The average Bonchev–Trinajstić information content (AvgIpc) is 2.53. The van der Waals surface area contributed by atoms with Gasteiger partial charge in [0.15, 0.2) is 5.78 Å². The molecule has 26 heavy (non-hydrogen) atoms. The molecule has 0 saturated carbocycles. The number of Topliss-reactive ketones (excluding diaryl/α,β-unsaturated/α-hetero) is 1. The highest BCUT2D eigenvalue weighted by Gasteiger charge is 2.32. The molecule has 134 valence electrons. The first-order valence-corrected chi connectivity index (χ1v) is 7.87. The minimum atomic E-state index is -0.611. The largest absolute Gasteiger partial charge is 0.508 e. The van der Waals surface area contributed by atoms with Crippen molar-refractivity contribution in [2.75, 3.05) is 0 Å². The van der Waals surface area contributed by atoms with Crippen molar-refractivity contribution >= 4 is 17.7 Å². The summed E-state index contributed by atoms with van der Waals surface area (Å²) in [5.74, 6) is -1.08. The quantitative estimate of drug-likeness (QED) is 0.667. The smallest absolute Gasteiger partial charge is 0.308 e. The highest BCUT2D eigenvalue weighted by Crippen LogP contribution is 2.42. The Hall–Kier alpha value is -3.35. The molecule has 0 radical (unpaired) electrons. The number of aromatic hydroxyl groups is 1. The van der Waals surface area contributed by atoms with Gasteiger partial charge in [-0.2, -0.15) is 0 Å². The maximum Gasteiger partial charge on any atom is 0.308 e. The number of rotatable bonds is 3. The van der Waals surface area contributed by atoms with Crippen molar-refractivity contribution in [3.63, 3.8) is 0 Å². The Morgan fingerprint density at radius 2 is 1.73 bits per heavy atom. The van der Waals surface area contributed by atoms with Crippen LogP contribution in [-0.4, -0.2) is 22.8 Å². The molecular formula is C19H16O7. The van der Waals surface area contributed by atoms with Crippen LogP contribution >= 0.6 is 0 Å². The maximum atomic E-state index is 12.6. The second-order valence-corrected chi connectivity index (χ2v) is 5.81. The van der Waals surface area contributed by atoms with E-state index < -0.39 is 18.0 Å². The van der Waals surface area contributed by atoms with Crippen molar-refractivity contribution in [3.05, 3.63) is 47.5 Å². The molecule has 3 rings (SSSR count). The molecule has 0 amide bonds. The Balaban J connectivity index is 2.03. The van der Waals surface area contributed by atoms with Crippen molar-refractivity contribution in [3.8, 4) is 23.0 Å². The number of carbonyl (C=O) groups excluding carboxylic acids is 3. The van der Waals surface area contributed by atoms with Crippen LogP contribution in [0.4, 0.5) is 0 Å². The molecule has 0 saturated heterocycles. The van der Waals surface area contributed by atoms with Crippen molar-refractivity contribution in [1.29, 1.82) is 0 Å². The first kappa shape index (κ1) is 17.5. The summed E-state index contributed by atoms with van der Waals surface area (Å²) < 4.78 is 16.0. The number of ether oxygens (including phenoxy) is 3. The van der Waals surface area contributed by atoms with E-state index in [0.717, 1.165) is 0 Å². The molecular weight excluding hydrogens is 340 g/mol. The molecule has 1 atom stereocenters. The molecule has 0 aromatic heterocycles. The van der Waals surface area contributed by atoms with Crippen LogP contribution in [0.3, 0.4) is 0 Å². The summed E-state index contributed by atoms with van der Waals surface area (Å²) in [7, 11) is 0. The Morgan fingerprint density at radius 3 is 2.35 bits per heavy atom. The number of carbonyl (C=O) groups is 3. The van der Waals surface area contributed by atoms with E-state index in [0.29, 0.717) is 5.56 Å². The van der Waals surface area contributed by atoms with Gasteiger partial charge in [-0.25, -0.2) is 0 Å². The molecule has 0 aliphatic carbocycles. The molecule has 1 aliphatic rings. The van der Waals surface area contributed by atoms with Crippen LogP contribution < -0.4 is 14.2 Å². The van der Waals surface area contributed by atoms with E-state index in [9.17, 15) is 19.5 Å². The van der Waals surface area contributed by atoms with Gasteiger partial charge in [0.05, 0.1) is 6.42 Å². The monoisotopic (exact) mass is 356 g/mol. The zero-order valence-corrected chi connectivity index (χ0v) is 14.1. The summed E-state index contributed by atoms with van der Waals surface area (Å²) in [6, 6.07) is 9.02. The molecule has 2 aromatic carbocycles. The molecule has 7 heteroatoms. The SMILES string of the molecule is CC(=O)Oc1cc(OC(C)=O)c2c(c1)OC(c1ccc(O)cc1)CC2=O. The molecule has 0 spiro atoms. The lowest BCUT2D eigenvalue weighted by atomic mass is 9.95. The Labute approximate surface area is 149 Å². The van der Waals surface area contributed by atoms with Crippen LogP contribution in [0.1, 0.15) is 42.3 Å². The first-order chi connectivity index (χ1) is 12.3. The van der Waals surface area contributed by atoms with Crippen LogP contribution in [0, 0.1) is 0 Å². The van der Waals surface area contributed by atoms with Gasteiger partial charge < -0.3 is 19.3 Å². The maximum absolute atomic E-state index is 12.6. The van der Waals surface area contributed by atoms with Gasteiger partial charge in [0, 0.05) is 26.0 Å². The standard InChI is InChI=1S/C19H16O7/c1-10(20)24-14-7-17(25-11(2)21)19-15(23)9-16(26-18(19)8-14)12-3-5-13(22)6-4-12/h3-8,16,22H,9H2,1-2H3. The summed E-state index contributed by atoms with van der Waals surface area (Å²) in [5.41, 5.74) is 0.833. The first-order valence-electron chi connectivity index (χ1n) is 7.87. The lowest BCUT2D eigenvalue weighted by Gasteiger charge is -2.27. The molecule has 1 unspecified atom stereocenters. The number of phenolic OH excluding ortho intramolecular Hbond substituents is 1. The summed E-state index contributed by atoms with van der Waals surface area (Å²) in [4.78, 5) is 35.2. The molecule has 7 nitrogen and oxygen atoms in total. The predicted octanol–water partition coefficient (Wildman–Crippen LogP) is 2.95. The van der Waals surface area contributed by atoms with E-state index in [1.807, 2.05) is 0 Å². The number of esters is 2. The van der Waals surface area contributed by atoms with E-state index in [1.165, 1.54) is 38.1 Å². The van der Waals surface area contributed by atoms with Gasteiger partial charge in [-0.1, -0.05) is 12.1 Å². The number of hydrogen-bond acceptors (Lipinski definition) is 7. The van der Waals surface area contributed by atoms with Gasteiger partial charge in [-0.15, -0.1) is 0 Å². The highest BCUT2D eigenvalue weighted by atomic mass is 16.5. The van der Waals surface area contributed by atoms with Gasteiger partial charge in [0.25, 0.3) is 0 Å². The Bertz CT molecular complexity index is 884. The van der Waals surface area contributed by atoms with Crippen LogP contribution in [-0.2, 0) is 9.59 Å². The molecule has 2 aromatic rings. The van der Waals surface area contributed by atoms with Gasteiger partial charge in [0.1, 0.15) is 34.7 Å². The predicted molar refractivity (Wildman–Crippen MR) is 89.5 cm³/mol. The normalized spacial score (nSPS) is 15.6. The van der Waals surface area contributed by atoms with Gasteiger partial charge in [-0.05, 0) is 17.7 Å². The third kappa shape index (κ3) is 3.66. The van der Waals surface area contributed by atoms with Gasteiger partial charge in [0.2, 0.25) is 0 Å². The van der Waals surface area contributed by atoms with Crippen molar-refractivity contribution < 1.29 is 33.7 Å². The van der Waals surface area contributed by atoms with Gasteiger partial charge in [-0.3, -0.25) is 14.4 Å². The molecule has 0 bridgehead atoms. The van der Waals surface area contributed by atoms with Gasteiger partial charge >= 0.3 is 11.9 Å². The third-order valence-corrected chi connectivity index (χ3v) is 3.74. The summed E-state index contributed by atoms with van der Waals surface area (Å²) in [6.07, 6.45) is -0.535. The number of phenols is 1. The van der Waals surface area contributed by atoms with Crippen LogP contribution in [0.25, 0.3) is 0 Å². The Kier molecular flexibility index (Phi) is 4.62. The van der Waals surface area contributed by atoms with Crippen LogP contribution in [0.5, 0.6) is 23.0 Å². The summed E-state index contributed by atoms with van der Waals surface area (Å²) in [6.45, 7) is 2.44. The summed E-state index contributed by atoms with van der Waals surface area (Å²) >= 11 is 0. The molecule has 1 aliphatic heterocycles. The zero-order chi connectivity index (χ0) is 18.8. The van der Waals surface area contributed by atoms with Crippen LogP contribution in [0.15, 0.2) is 36.4 Å². The van der Waals surface area contributed by atoms with Crippen molar-refractivity contribution in [1.82, 2.24) is 0 Å². The number of ketones is 1. The fourth-order valence-electron chi connectivity index (χ4n) is 2.73. The molecule has 1 N–H and O–H groups in total. The second-order valence-electron chi connectivity index (χ2n) is 5.81. The fourth-order valence-corrected chi connectivity index (χ4v) is 2.73. The summed E-state index contributed by atoms with van der Waals surface area (Å²) in [5, 5.41) is 9.40. The number of benzene rings is 2. The minimum Gasteiger partial charge on any atom is -0.508 e. The van der Waals surface area contributed by atoms with E-state index in [-0.39, 0.29) is 40.8 Å². The Morgan fingerprint density at radius 1 is 1.08 bits per heavy atom. The van der Waals surface area contributed by atoms with Crippen molar-refractivity contribution in [2.24, 2.45) is 0 Å². The minimum absolute atomic E-state index is 0.0135. The topological polar surface area (TPSA) is 99.1 Å². The van der Waals surface area contributed by atoms with Crippen LogP contribution in [0.2, 0.25) is 0 Å². The lowest BCUT2D eigenvalue weighted by molar-refractivity contribution is -0.132. The van der Waals surface area contributed by atoms with E-state index >= 15 is 0 Å². The van der Waals surface area contributed by atoms with E-state index in [4.69, 9.17) is 14.2 Å². The van der Waals surface area contributed by atoms with E-state index in [1.54, 1.807) is 12.1 Å². The lowest BCUT2D eigenvalue weighted by Crippen LogP contribution is -2.22.